The van der Waals surface area contributed by atoms with Crippen molar-refractivity contribution in [1.29, 1.82) is 0 Å². The fraction of sp³-hybridized carbons (Fsp3) is 0.111. The molecule has 3 nitrogen and oxygen atoms in total. The predicted molar refractivity (Wildman–Crippen MR) is 53.2 cm³/mol. The van der Waals surface area contributed by atoms with Crippen LogP contribution in [-0.4, -0.2) is 12.6 Å². The zero-order valence-corrected chi connectivity index (χ0v) is 8.51. The van der Waals surface area contributed by atoms with Crippen molar-refractivity contribution in [2.75, 3.05) is 0 Å². The molecule has 0 aliphatic rings. The number of carbonyl (C=O) groups excluding carboxylic acids is 1. The van der Waals surface area contributed by atoms with Gasteiger partial charge in [-0.05, 0) is 17.7 Å². The van der Waals surface area contributed by atoms with Crippen LogP contribution in [0, 0.1) is 0 Å². The molecule has 0 heterocycles. The third-order valence-electron chi connectivity index (χ3n) is 1.64. The van der Waals surface area contributed by atoms with E-state index in [9.17, 15) is 18.0 Å². The highest BCUT2D eigenvalue weighted by atomic mass is 35.5. The van der Waals surface area contributed by atoms with Crippen LogP contribution < -0.4 is 5.43 Å². The van der Waals surface area contributed by atoms with Gasteiger partial charge in [0.1, 0.15) is 0 Å². The SMILES string of the molecule is O=CN/N=C/c1ccc(Cl)c(C(F)(F)F)c1. The van der Waals surface area contributed by atoms with E-state index in [-0.39, 0.29) is 10.6 Å². The molecule has 86 valence electrons. The fourth-order valence-corrected chi connectivity index (χ4v) is 1.21. The molecular formula is C9H6ClF3N2O. The fourth-order valence-electron chi connectivity index (χ4n) is 0.983. The van der Waals surface area contributed by atoms with Crippen LogP contribution in [0.4, 0.5) is 13.2 Å². The van der Waals surface area contributed by atoms with Gasteiger partial charge in [0.2, 0.25) is 6.41 Å². The summed E-state index contributed by atoms with van der Waals surface area (Å²) in [6.07, 6.45) is -3.13. The largest absolute Gasteiger partial charge is 0.417 e. The summed E-state index contributed by atoms with van der Waals surface area (Å²) in [7, 11) is 0. The maximum absolute atomic E-state index is 12.4. The van der Waals surface area contributed by atoms with Gasteiger partial charge in [-0.3, -0.25) is 4.79 Å². The Morgan fingerprint density at radius 2 is 2.06 bits per heavy atom. The monoisotopic (exact) mass is 250 g/mol. The van der Waals surface area contributed by atoms with Crippen molar-refractivity contribution in [3.05, 3.63) is 34.3 Å². The number of hydrazone groups is 1. The number of amides is 1. The molecule has 1 amide bonds. The van der Waals surface area contributed by atoms with Crippen molar-refractivity contribution < 1.29 is 18.0 Å². The van der Waals surface area contributed by atoms with E-state index in [1.807, 2.05) is 5.43 Å². The number of carbonyl (C=O) groups is 1. The Hall–Kier alpha value is -1.56. The molecule has 0 spiro atoms. The van der Waals surface area contributed by atoms with E-state index in [4.69, 9.17) is 11.6 Å². The zero-order valence-electron chi connectivity index (χ0n) is 7.75. The Labute approximate surface area is 93.9 Å². The lowest BCUT2D eigenvalue weighted by Gasteiger charge is -2.08. The maximum atomic E-state index is 12.4. The van der Waals surface area contributed by atoms with Gasteiger partial charge in [0.25, 0.3) is 0 Å². The minimum absolute atomic E-state index is 0.186. The smallest absolute Gasteiger partial charge is 0.277 e. The molecule has 1 rings (SSSR count). The third-order valence-corrected chi connectivity index (χ3v) is 1.97. The van der Waals surface area contributed by atoms with Gasteiger partial charge in [0.15, 0.2) is 0 Å². The molecule has 0 fully saturated rings. The molecule has 0 radical (unpaired) electrons. The molecule has 1 N–H and O–H groups in total. The predicted octanol–water partition coefficient (Wildman–Crippen LogP) is 2.44. The second-order valence-corrected chi connectivity index (χ2v) is 3.15. The van der Waals surface area contributed by atoms with Crippen molar-refractivity contribution >= 4 is 24.2 Å². The molecule has 0 atom stereocenters. The van der Waals surface area contributed by atoms with Gasteiger partial charge in [-0.2, -0.15) is 18.3 Å². The molecule has 0 saturated carbocycles. The van der Waals surface area contributed by atoms with Gasteiger partial charge in [0, 0.05) is 0 Å². The molecule has 1 aromatic rings. The molecule has 0 saturated heterocycles. The number of rotatable bonds is 3. The standard InChI is InChI=1S/C9H6ClF3N2O/c10-8-2-1-6(4-14-15-5-16)3-7(8)9(11,12)13/h1-5H,(H,15,16)/b14-4+. The number of nitrogens with zero attached hydrogens (tertiary/aromatic N) is 1. The second-order valence-electron chi connectivity index (χ2n) is 2.74. The highest BCUT2D eigenvalue weighted by molar-refractivity contribution is 6.31. The first-order valence-electron chi connectivity index (χ1n) is 4.04. The highest BCUT2D eigenvalue weighted by Crippen LogP contribution is 2.34. The number of hydrogen-bond acceptors (Lipinski definition) is 2. The summed E-state index contributed by atoms with van der Waals surface area (Å²) in [5.41, 5.74) is 1.19. The highest BCUT2D eigenvalue weighted by Gasteiger charge is 2.33. The Morgan fingerprint density at radius 1 is 1.38 bits per heavy atom. The Balaban J connectivity index is 3.03. The quantitative estimate of drug-likeness (QED) is 0.500. The minimum atomic E-state index is -4.51. The van der Waals surface area contributed by atoms with Crippen LogP contribution in [0.25, 0.3) is 0 Å². The van der Waals surface area contributed by atoms with Crippen molar-refractivity contribution in [2.24, 2.45) is 5.10 Å². The molecule has 0 aliphatic heterocycles. The van der Waals surface area contributed by atoms with E-state index in [0.29, 0.717) is 6.41 Å². The molecule has 0 unspecified atom stereocenters. The summed E-state index contributed by atoms with van der Waals surface area (Å²) in [6, 6.07) is 3.32. The minimum Gasteiger partial charge on any atom is -0.277 e. The van der Waals surface area contributed by atoms with Crippen LogP contribution in [0.2, 0.25) is 5.02 Å². The number of alkyl halides is 3. The van der Waals surface area contributed by atoms with Crippen LogP contribution in [0.15, 0.2) is 23.3 Å². The average Bonchev–Trinajstić information content (AvgIpc) is 2.19. The van der Waals surface area contributed by atoms with Crippen molar-refractivity contribution in [3.8, 4) is 0 Å². The first-order valence-corrected chi connectivity index (χ1v) is 4.42. The van der Waals surface area contributed by atoms with Gasteiger partial charge >= 0.3 is 6.18 Å². The van der Waals surface area contributed by atoms with Crippen LogP contribution in [-0.2, 0) is 11.0 Å². The summed E-state index contributed by atoms with van der Waals surface area (Å²) in [4.78, 5) is 9.85. The van der Waals surface area contributed by atoms with E-state index < -0.39 is 11.7 Å². The van der Waals surface area contributed by atoms with Crippen molar-refractivity contribution in [3.63, 3.8) is 0 Å². The molecule has 1 aromatic carbocycles. The number of nitrogens with one attached hydrogen (secondary N) is 1. The first-order chi connectivity index (χ1) is 7.45. The normalized spacial score (nSPS) is 11.8. The molecule has 0 bridgehead atoms. The van der Waals surface area contributed by atoms with Crippen LogP contribution >= 0.6 is 11.6 Å². The Bertz CT molecular complexity index is 418. The van der Waals surface area contributed by atoms with Crippen molar-refractivity contribution in [1.82, 2.24) is 5.43 Å². The van der Waals surface area contributed by atoms with E-state index in [1.54, 1.807) is 0 Å². The van der Waals surface area contributed by atoms with E-state index in [2.05, 4.69) is 5.10 Å². The lowest BCUT2D eigenvalue weighted by molar-refractivity contribution is -0.137. The second kappa shape index (κ2) is 4.98. The van der Waals surface area contributed by atoms with Crippen LogP contribution in [0.1, 0.15) is 11.1 Å². The maximum Gasteiger partial charge on any atom is 0.417 e. The summed E-state index contributed by atoms with van der Waals surface area (Å²) in [5, 5.41) is 2.98. The average molecular weight is 251 g/mol. The zero-order chi connectivity index (χ0) is 12.2. The molecule has 0 aromatic heterocycles. The third kappa shape index (κ3) is 3.23. The Kier molecular flexibility index (Phi) is 3.89. The van der Waals surface area contributed by atoms with Gasteiger partial charge in [-0.1, -0.05) is 17.7 Å². The summed E-state index contributed by atoms with van der Waals surface area (Å²) < 4.78 is 37.2. The lowest BCUT2D eigenvalue weighted by atomic mass is 10.1. The van der Waals surface area contributed by atoms with Gasteiger partial charge < -0.3 is 0 Å². The number of benzene rings is 1. The molecule has 16 heavy (non-hydrogen) atoms. The van der Waals surface area contributed by atoms with Crippen molar-refractivity contribution in [2.45, 2.75) is 6.18 Å². The van der Waals surface area contributed by atoms with E-state index >= 15 is 0 Å². The first kappa shape index (κ1) is 12.5. The number of halogens is 4. The van der Waals surface area contributed by atoms with E-state index in [0.717, 1.165) is 18.3 Å². The van der Waals surface area contributed by atoms with Gasteiger partial charge in [-0.25, -0.2) is 5.43 Å². The summed E-state index contributed by atoms with van der Waals surface area (Å²) in [5.74, 6) is 0. The summed E-state index contributed by atoms with van der Waals surface area (Å²) >= 11 is 5.41. The molecule has 7 heteroatoms. The van der Waals surface area contributed by atoms with Gasteiger partial charge in [0.05, 0.1) is 16.8 Å². The summed E-state index contributed by atoms with van der Waals surface area (Å²) in [6.45, 7) is 0. The Morgan fingerprint density at radius 3 is 2.62 bits per heavy atom. The van der Waals surface area contributed by atoms with E-state index in [1.165, 1.54) is 6.07 Å². The lowest BCUT2D eigenvalue weighted by Crippen LogP contribution is -2.07. The number of hydrogen-bond donors (Lipinski definition) is 1. The topological polar surface area (TPSA) is 41.5 Å². The molecule has 0 aliphatic carbocycles. The molecular weight excluding hydrogens is 245 g/mol. The van der Waals surface area contributed by atoms with Crippen LogP contribution in [0.5, 0.6) is 0 Å². The van der Waals surface area contributed by atoms with Crippen LogP contribution in [0.3, 0.4) is 0 Å². The van der Waals surface area contributed by atoms with Gasteiger partial charge in [-0.15, -0.1) is 0 Å².